The molecule has 1 heterocycles. The van der Waals surface area contributed by atoms with E-state index in [9.17, 15) is 10.2 Å². The first-order chi connectivity index (χ1) is 9.74. The molecule has 0 amide bonds. The number of aromatic nitrogens is 1. The summed E-state index contributed by atoms with van der Waals surface area (Å²) in [6.07, 6.45) is 6.46. The molecule has 20 heavy (non-hydrogen) atoms. The lowest BCUT2D eigenvalue weighted by molar-refractivity contribution is 0.0493. The highest BCUT2D eigenvalue weighted by atomic mass is 16.3. The van der Waals surface area contributed by atoms with Gasteiger partial charge in [-0.05, 0) is 30.9 Å². The van der Waals surface area contributed by atoms with Crippen molar-refractivity contribution in [3.63, 3.8) is 0 Å². The molecule has 0 radical (unpaired) electrons. The molecule has 1 aromatic rings. The maximum Gasteiger partial charge on any atom is 0.126 e. The molecule has 1 aliphatic carbocycles. The van der Waals surface area contributed by atoms with E-state index >= 15 is 0 Å². The van der Waals surface area contributed by atoms with E-state index in [1.165, 1.54) is 12.6 Å². The van der Waals surface area contributed by atoms with Crippen LogP contribution < -0.4 is 5.32 Å². The van der Waals surface area contributed by atoms with Gasteiger partial charge in [0.1, 0.15) is 11.9 Å². The van der Waals surface area contributed by atoms with Crippen LogP contribution in [0.25, 0.3) is 0 Å². The molecule has 2 atom stereocenters. The Kier molecular flexibility index (Phi) is 5.33. The van der Waals surface area contributed by atoms with Crippen molar-refractivity contribution in [1.29, 1.82) is 5.26 Å². The van der Waals surface area contributed by atoms with Crippen LogP contribution in [0.4, 0.5) is 5.82 Å². The second-order valence-corrected chi connectivity index (χ2v) is 5.37. The summed E-state index contributed by atoms with van der Waals surface area (Å²) in [5.74, 6) is 0.810. The average molecular weight is 275 g/mol. The number of nitrogens with zero attached hydrogens (tertiary/aromatic N) is 2. The van der Waals surface area contributed by atoms with Crippen molar-refractivity contribution < 1.29 is 10.2 Å². The molecule has 0 aliphatic heterocycles. The summed E-state index contributed by atoms with van der Waals surface area (Å²) in [5, 5.41) is 31.7. The lowest BCUT2D eigenvalue weighted by Crippen LogP contribution is -2.42. The smallest absolute Gasteiger partial charge is 0.126 e. The molecule has 0 spiro atoms. The molecule has 108 valence electrons. The van der Waals surface area contributed by atoms with E-state index in [1.807, 2.05) is 6.07 Å². The number of pyridine rings is 1. The number of nitriles is 1. The molecule has 0 saturated heterocycles. The van der Waals surface area contributed by atoms with Crippen molar-refractivity contribution in [2.45, 2.75) is 44.2 Å². The molecule has 1 aliphatic rings. The molecule has 0 bridgehead atoms. The second-order valence-electron chi connectivity index (χ2n) is 5.37. The fraction of sp³-hybridized carbons (Fsp3) is 0.600. The molecule has 1 aromatic heterocycles. The van der Waals surface area contributed by atoms with Gasteiger partial charge in [0.15, 0.2) is 0 Å². The molecular weight excluding hydrogens is 254 g/mol. The van der Waals surface area contributed by atoms with Crippen LogP contribution in [0.3, 0.4) is 0 Å². The Labute approximate surface area is 119 Å². The number of anilines is 1. The number of hydrogen-bond donors (Lipinski definition) is 3. The Balaban J connectivity index is 1.98. The van der Waals surface area contributed by atoms with E-state index in [0.717, 1.165) is 25.7 Å². The molecular formula is C15H21N3O2. The zero-order valence-electron chi connectivity index (χ0n) is 11.5. The van der Waals surface area contributed by atoms with Crippen molar-refractivity contribution in [2.24, 2.45) is 5.92 Å². The Hall–Kier alpha value is -1.64. The third-order valence-electron chi connectivity index (χ3n) is 3.97. The maximum absolute atomic E-state index is 10.4. The highest BCUT2D eigenvalue weighted by molar-refractivity contribution is 5.40. The van der Waals surface area contributed by atoms with Crippen LogP contribution in [-0.2, 0) is 0 Å². The summed E-state index contributed by atoms with van der Waals surface area (Å²) in [7, 11) is 0. The van der Waals surface area contributed by atoms with E-state index in [-0.39, 0.29) is 12.5 Å². The van der Waals surface area contributed by atoms with Gasteiger partial charge in [0.25, 0.3) is 0 Å². The van der Waals surface area contributed by atoms with Crippen LogP contribution >= 0.6 is 0 Å². The number of rotatable bonds is 5. The first kappa shape index (κ1) is 14.8. The van der Waals surface area contributed by atoms with Gasteiger partial charge in [0.05, 0.1) is 24.3 Å². The van der Waals surface area contributed by atoms with Crippen molar-refractivity contribution >= 4 is 5.82 Å². The minimum Gasteiger partial charge on any atom is -0.394 e. The van der Waals surface area contributed by atoms with E-state index in [0.29, 0.717) is 11.4 Å². The molecule has 5 nitrogen and oxygen atoms in total. The molecule has 1 saturated carbocycles. The molecule has 2 rings (SSSR count). The Morgan fingerprint density at radius 3 is 2.65 bits per heavy atom. The van der Waals surface area contributed by atoms with Gasteiger partial charge in [-0.1, -0.05) is 19.3 Å². The maximum atomic E-state index is 10.4. The number of aliphatic hydroxyl groups excluding tert-OH is 2. The third-order valence-corrected chi connectivity index (χ3v) is 3.97. The molecule has 0 unspecified atom stereocenters. The number of nitrogens with one attached hydrogen (secondary N) is 1. The van der Waals surface area contributed by atoms with E-state index in [1.54, 1.807) is 12.1 Å². The lowest BCUT2D eigenvalue weighted by atomic mass is 9.83. The number of hydrogen-bond acceptors (Lipinski definition) is 5. The van der Waals surface area contributed by atoms with E-state index in [4.69, 9.17) is 5.26 Å². The van der Waals surface area contributed by atoms with Crippen LogP contribution in [0.15, 0.2) is 18.3 Å². The van der Waals surface area contributed by atoms with Gasteiger partial charge in [0, 0.05) is 6.20 Å². The first-order valence-electron chi connectivity index (χ1n) is 7.16. The summed E-state index contributed by atoms with van der Waals surface area (Å²) < 4.78 is 0. The largest absolute Gasteiger partial charge is 0.394 e. The van der Waals surface area contributed by atoms with Gasteiger partial charge in [-0.25, -0.2) is 4.98 Å². The monoisotopic (exact) mass is 275 g/mol. The van der Waals surface area contributed by atoms with E-state index in [2.05, 4.69) is 10.3 Å². The summed E-state index contributed by atoms with van der Waals surface area (Å²) in [5.41, 5.74) is 0.490. The van der Waals surface area contributed by atoms with Gasteiger partial charge in [-0.15, -0.1) is 0 Å². The van der Waals surface area contributed by atoms with Gasteiger partial charge >= 0.3 is 0 Å². The Morgan fingerprint density at radius 2 is 2.10 bits per heavy atom. The fourth-order valence-electron chi connectivity index (χ4n) is 2.78. The molecule has 3 N–H and O–H groups in total. The zero-order valence-corrected chi connectivity index (χ0v) is 11.5. The predicted molar refractivity (Wildman–Crippen MR) is 76.0 cm³/mol. The summed E-state index contributed by atoms with van der Waals surface area (Å²) in [4.78, 5) is 4.11. The van der Waals surface area contributed by atoms with Gasteiger partial charge in [-0.3, -0.25) is 0 Å². The standard InChI is InChI=1S/C15H21N3O2/c16-8-11-6-7-14(17-9-11)18-13(10-19)15(20)12-4-2-1-3-5-12/h6-7,9,12-13,15,19-20H,1-5,10H2,(H,17,18)/t13-,15-/m0/s1. The summed E-state index contributed by atoms with van der Waals surface area (Å²) >= 11 is 0. The number of aliphatic hydroxyl groups is 2. The van der Waals surface area contributed by atoms with Gasteiger partial charge in [-0.2, -0.15) is 5.26 Å². The lowest BCUT2D eigenvalue weighted by Gasteiger charge is -2.32. The zero-order chi connectivity index (χ0) is 14.4. The molecule has 5 heteroatoms. The SMILES string of the molecule is N#Cc1ccc(N[C@@H](CO)[C@@H](O)C2CCCCC2)nc1. The summed E-state index contributed by atoms with van der Waals surface area (Å²) in [6.45, 7) is -0.140. The highest BCUT2D eigenvalue weighted by Crippen LogP contribution is 2.28. The molecule has 0 aromatic carbocycles. The van der Waals surface area contributed by atoms with E-state index < -0.39 is 12.1 Å². The van der Waals surface area contributed by atoms with Crippen LogP contribution in [0.2, 0.25) is 0 Å². The van der Waals surface area contributed by atoms with Gasteiger partial charge < -0.3 is 15.5 Å². The Morgan fingerprint density at radius 1 is 1.35 bits per heavy atom. The van der Waals surface area contributed by atoms with Crippen molar-refractivity contribution in [1.82, 2.24) is 4.98 Å². The minimum absolute atomic E-state index is 0.140. The van der Waals surface area contributed by atoms with Crippen molar-refractivity contribution in [2.75, 3.05) is 11.9 Å². The minimum atomic E-state index is -0.572. The fourth-order valence-corrected chi connectivity index (χ4v) is 2.78. The summed E-state index contributed by atoms with van der Waals surface area (Å²) in [6, 6.07) is 4.94. The highest BCUT2D eigenvalue weighted by Gasteiger charge is 2.28. The first-order valence-corrected chi connectivity index (χ1v) is 7.16. The second kappa shape index (κ2) is 7.22. The predicted octanol–water partition coefficient (Wildman–Crippen LogP) is 1.67. The topological polar surface area (TPSA) is 89.2 Å². The Bertz CT molecular complexity index is 449. The molecule has 1 fully saturated rings. The van der Waals surface area contributed by atoms with Crippen molar-refractivity contribution in [3.8, 4) is 6.07 Å². The van der Waals surface area contributed by atoms with Crippen LogP contribution in [0, 0.1) is 17.2 Å². The van der Waals surface area contributed by atoms with Crippen molar-refractivity contribution in [3.05, 3.63) is 23.9 Å². The van der Waals surface area contributed by atoms with Crippen LogP contribution in [0.5, 0.6) is 0 Å². The quantitative estimate of drug-likeness (QED) is 0.760. The van der Waals surface area contributed by atoms with Crippen LogP contribution in [0.1, 0.15) is 37.7 Å². The van der Waals surface area contributed by atoms with Gasteiger partial charge in [0.2, 0.25) is 0 Å². The average Bonchev–Trinajstić information content (AvgIpc) is 2.53. The normalized spacial score (nSPS) is 19.1. The van der Waals surface area contributed by atoms with Crippen LogP contribution in [-0.4, -0.2) is 33.9 Å². The third kappa shape index (κ3) is 3.69.